The van der Waals surface area contributed by atoms with Crippen LogP contribution in [0.4, 0.5) is 5.88 Å². The minimum Gasteiger partial charge on any atom is -0.401 e. The van der Waals surface area contributed by atoms with Crippen LogP contribution >= 0.6 is 11.3 Å². The molecule has 8 nitrogen and oxygen atoms in total. The number of hydrogen-bond donors (Lipinski definition) is 0. The smallest absolute Gasteiger partial charge is 0.401 e. The van der Waals surface area contributed by atoms with Crippen molar-refractivity contribution in [3.8, 4) is 0 Å². The molecule has 1 aliphatic heterocycles. The molecule has 4 rings (SSSR count). The molecule has 1 aliphatic rings. The minimum absolute atomic E-state index is 0.117. The Balaban J connectivity index is 1.30. The lowest BCUT2D eigenvalue weighted by Crippen LogP contribution is -2.37. The molecule has 0 aliphatic carbocycles. The largest absolute Gasteiger partial charge is 0.433 e. The normalized spacial score (nSPS) is 15.1. The molecule has 4 heterocycles. The van der Waals surface area contributed by atoms with E-state index in [0.29, 0.717) is 19.0 Å². The number of hydrogen-bond acceptors (Lipinski definition) is 6. The fourth-order valence-corrected chi connectivity index (χ4v) is 4.40. The van der Waals surface area contributed by atoms with E-state index in [-0.39, 0.29) is 17.6 Å². The number of piperidine rings is 1. The van der Waals surface area contributed by atoms with E-state index in [0.717, 1.165) is 31.6 Å². The van der Waals surface area contributed by atoms with E-state index in [1.807, 2.05) is 12.4 Å². The van der Waals surface area contributed by atoms with Gasteiger partial charge in [0.05, 0.1) is 6.07 Å². The van der Waals surface area contributed by atoms with E-state index in [9.17, 15) is 14.9 Å². The van der Waals surface area contributed by atoms with Crippen molar-refractivity contribution < 1.29 is 14.1 Å². The maximum Gasteiger partial charge on any atom is 0.433 e. The summed E-state index contributed by atoms with van der Waals surface area (Å²) in [6, 6.07) is 4.90. The highest BCUT2D eigenvalue weighted by molar-refractivity contribution is 7.07. The first-order chi connectivity index (χ1) is 14.6. The van der Waals surface area contributed by atoms with E-state index in [4.69, 9.17) is 4.42 Å². The van der Waals surface area contributed by atoms with Crippen molar-refractivity contribution in [3.63, 3.8) is 0 Å². The number of furan rings is 1. The maximum absolute atomic E-state index is 12.4. The highest BCUT2D eigenvalue weighted by Crippen LogP contribution is 2.27. The summed E-state index contributed by atoms with van der Waals surface area (Å²) < 4.78 is 7.27. The van der Waals surface area contributed by atoms with Crippen LogP contribution in [-0.2, 0) is 17.8 Å². The summed E-state index contributed by atoms with van der Waals surface area (Å²) in [5.41, 5.74) is 1.34. The van der Waals surface area contributed by atoms with Gasteiger partial charge in [0, 0.05) is 44.0 Å². The molecular weight excluding hydrogens is 404 g/mol. The molecule has 3 aromatic heterocycles. The van der Waals surface area contributed by atoms with Crippen LogP contribution in [0.25, 0.3) is 6.08 Å². The van der Waals surface area contributed by atoms with Crippen molar-refractivity contribution in [2.75, 3.05) is 13.1 Å². The SMILES string of the molecule is O=C(C=Cc1ccc([N+](=O)[O-])o1)N1CCC(c2nccn2CCc2ccsc2)CC1. The second-order valence-corrected chi connectivity index (χ2v) is 8.01. The number of thiophene rings is 1. The number of rotatable bonds is 7. The Morgan fingerprint density at radius 1 is 1.33 bits per heavy atom. The Kier molecular flexibility index (Phi) is 6.08. The van der Waals surface area contributed by atoms with Gasteiger partial charge in [-0.25, -0.2) is 4.98 Å². The Morgan fingerprint density at radius 3 is 2.87 bits per heavy atom. The molecule has 1 amide bonds. The number of amides is 1. The molecule has 0 N–H and O–H groups in total. The average Bonchev–Trinajstić information content (AvgIpc) is 3.52. The van der Waals surface area contributed by atoms with Gasteiger partial charge >= 0.3 is 5.88 Å². The first-order valence-corrected chi connectivity index (χ1v) is 10.8. The molecule has 9 heteroatoms. The molecule has 30 heavy (non-hydrogen) atoms. The summed E-state index contributed by atoms with van der Waals surface area (Å²) in [7, 11) is 0. The van der Waals surface area contributed by atoms with Crippen LogP contribution < -0.4 is 0 Å². The number of nitrogens with zero attached hydrogens (tertiary/aromatic N) is 4. The highest BCUT2D eigenvalue weighted by Gasteiger charge is 2.25. The van der Waals surface area contributed by atoms with Gasteiger partial charge < -0.3 is 13.9 Å². The molecular formula is C21H22N4O4S. The van der Waals surface area contributed by atoms with E-state index >= 15 is 0 Å². The van der Waals surface area contributed by atoms with Crippen molar-refractivity contribution in [3.05, 3.63) is 74.7 Å². The van der Waals surface area contributed by atoms with Crippen molar-refractivity contribution in [2.45, 2.75) is 31.7 Å². The number of nitro groups is 1. The summed E-state index contributed by atoms with van der Waals surface area (Å²) >= 11 is 1.71. The van der Waals surface area contributed by atoms with Crippen LogP contribution in [0.2, 0.25) is 0 Å². The van der Waals surface area contributed by atoms with Gasteiger partial charge in [0.1, 0.15) is 16.5 Å². The van der Waals surface area contributed by atoms with Crippen molar-refractivity contribution in [1.82, 2.24) is 14.5 Å². The number of aryl methyl sites for hydroxylation is 2. The van der Waals surface area contributed by atoms with Crippen LogP contribution in [0.3, 0.4) is 0 Å². The second kappa shape index (κ2) is 9.08. The number of aromatic nitrogens is 2. The highest BCUT2D eigenvalue weighted by atomic mass is 32.1. The average molecular weight is 426 g/mol. The van der Waals surface area contributed by atoms with Gasteiger partial charge in [0.25, 0.3) is 0 Å². The van der Waals surface area contributed by atoms with Crippen LogP contribution in [-0.4, -0.2) is 38.4 Å². The van der Waals surface area contributed by atoms with E-state index in [2.05, 4.69) is 26.4 Å². The summed E-state index contributed by atoms with van der Waals surface area (Å²) in [6.07, 6.45) is 9.47. The number of carbonyl (C=O) groups excluding carboxylic acids is 1. The molecule has 1 fully saturated rings. The fraction of sp³-hybridized carbons (Fsp3) is 0.333. The van der Waals surface area contributed by atoms with Crippen LogP contribution in [0.1, 0.15) is 35.9 Å². The third kappa shape index (κ3) is 4.68. The zero-order valence-electron chi connectivity index (χ0n) is 16.3. The lowest BCUT2D eigenvalue weighted by Gasteiger charge is -2.31. The minimum atomic E-state index is -0.603. The zero-order chi connectivity index (χ0) is 20.9. The molecule has 0 bridgehead atoms. The van der Waals surface area contributed by atoms with E-state index in [1.165, 1.54) is 29.8 Å². The van der Waals surface area contributed by atoms with Gasteiger partial charge in [0.2, 0.25) is 5.91 Å². The molecule has 156 valence electrons. The lowest BCUT2D eigenvalue weighted by atomic mass is 9.95. The molecule has 1 saturated heterocycles. The van der Waals surface area contributed by atoms with Gasteiger partial charge in [0.15, 0.2) is 0 Å². The summed E-state index contributed by atoms with van der Waals surface area (Å²) in [4.78, 5) is 28.9. The van der Waals surface area contributed by atoms with Crippen LogP contribution in [0, 0.1) is 10.1 Å². The monoisotopic (exact) mass is 426 g/mol. The van der Waals surface area contributed by atoms with Crippen molar-refractivity contribution >= 4 is 29.2 Å². The van der Waals surface area contributed by atoms with Gasteiger partial charge in [-0.3, -0.25) is 14.9 Å². The number of carbonyl (C=O) groups is 1. The van der Waals surface area contributed by atoms with Gasteiger partial charge in [-0.15, -0.1) is 0 Å². The number of likely N-dealkylation sites (tertiary alicyclic amines) is 1. The summed E-state index contributed by atoms with van der Waals surface area (Å²) in [5.74, 6) is 1.27. The van der Waals surface area contributed by atoms with Gasteiger partial charge in [-0.1, -0.05) is 0 Å². The summed E-state index contributed by atoms with van der Waals surface area (Å²) in [5, 5.41) is 14.9. The molecule has 0 radical (unpaired) electrons. The Morgan fingerprint density at radius 2 is 2.17 bits per heavy atom. The molecule has 0 aromatic carbocycles. The van der Waals surface area contributed by atoms with Crippen molar-refractivity contribution in [2.24, 2.45) is 0 Å². The van der Waals surface area contributed by atoms with Crippen LogP contribution in [0.15, 0.2) is 51.8 Å². The third-order valence-electron chi connectivity index (χ3n) is 5.32. The molecule has 0 spiro atoms. The first kappa shape index (κ1) is 20.1. The zero-order valence-corrected chi connectivity index (χ0v) is 17.2. The van der Waals surface area contributed by atoms with Gasteiger partial charge in [-0.05, 0) is 53.8 Å². The predicted molar refractivity (Wildman–Crippen MR) is 113 cm³/mol. The molecule has 0 unspecified atom stereocenters. The Hall–Kier alpha value is -3.20. The summed E-state index contributed by atoms with van der Waals surface area (Å²) in [6.45, 7) is 2.22. The molecule has 0 atom stereocenters. The predicted octanol–water partition coefficient (Wildman–Crippen LogP) is 4.11. The molecule has 0 saturated carbocycles. The maximum atomic E-state index is 12.4. The molecule has 3 aromatic rings. The van der Waals surface area contributed by atoms with Crippen LogP contribution in [0.5, 0.6) is 0 Å². The fourth-order valence-electron chi connectivity index (χ4n) is 3.70. The Bertz CT molecular complexity index is 1030. The standard InChI is InChI=1S/C21H22N4O4S/c26-19(3-1-18-2-4-20(29-18)25(27)28)23-11-6-17(7-12-23)21-22-9-13-24(21)10-5-16-8-14-30-15-16/h1-4,8-9,13-15,17H,5-7,10-12H2. The van der Waals surface area contributed by atoms with Crippen molar-refractivity contribution in [1.29, 1.82) is 0 Å². The Labute approximate surface area is 177 Å². The van der Waals surface area contributed by atoms with Gasteiger partial charge in [-0.2, -0.15) is 11.3 Å². The quantitative estimate of drug-likeness (QED) is 0.322. The third-order valence-corrected chi connectivity index (χ3v) is 6.06. The first-order valence-electron chi connectivity index (χ1n) is 9.83. The second-order valence-electron chi connectivity index (χ2n) is 7.23. The van der Waals surface area contributed by atoms with E-state index < -0.39 is 4.92 Å². The lowest BCUT2D eigenvalue weighted by molar-refractivity contribution is -0.402. The topological polar surface area (TPSA) is 94.4 Å². The number of imidazole rings is 1. The van der Waals surface area contributed by atoms with E-state index in [1.54, 1.807) is 16.2 Å².